The molecule has 1 unspecified atom stereocenters. The minimum absolute atomic E-state index is 0.0618. The third-order valence-electron chi connectivity index (χ3n) is 3.11. The molecule has 0 aromatic heterocycles. The molecule has 1 amide bonds. The minimum atomic E-state index is -4.66. The normalized spacial score (nSPS) is 19.1. The number of halogens is 2. The molecule has 1 aliphatic rings. The Morgan fingerprint density at radius 3 is 2.86 bits per heavy atom. The molecule has 1 aliphatic heterocycles. The maximum Gasteiger partial charge on any atom is 0.341 e. The summed E-state index contributed by atoms with van der Waals surface area (Å²) in [6.45, 7) is 0.838. The molecule has 9 heteroatoms. The largest absolute Gasteiger partial charge is 0.341 e. The molecule has 0 spiro atoms. The molecule has 1 fully saturated rings. The van der Waals surface area contributed by atoms with Gasteiger partial charge in [0.2, 0.25) is 15.7 Å². The standard InChI is InChI=1S/C13H16F2N2O3S2/c14-13(15)22(19,20)11-3-1-2-9(6-11)17-12(18)7-10-8-21-5-4-16-10/h1-3,6,10,13,16H,4-5,7-8H2,(H,17,18). The van der Waals surface area contributed by atoms with Crippen molar-refractivity contribution in [2.45, 2.75) is 23.1 Å². The molecule has 5 nitrogen and oxygen atoms in total. The van der Waals surface area contributed by atoms with E-state index in [2.05, 4.69) is 10.6 Å². The lowest BCUT2D eigenvalue weighted by molar-refractivity contribution is -0.116. The number of carbonyl (C=O) groups is 1. The van der Waals surface area contributed by atoms with Crippen LogP contribution < -0.4 is 10.6 Å². The number of carbonyl (C=O) groups excluding carboxylic acids is 1. The van der Waals surface area contributed by atoms with Gasteiger partial charge in [-0.3, -0.25) is 4.79 Å². The first-order valence-electron chi connectivity index (χ1n) is 6.62. The number of nitrogens with one attached hydrogen (secondary N) is 2. The Kier molecular flexibility index (Phi) is 5.76. The van der Waals surface area contributed by atoms with Crippen LogP contribution in [0.4, 0.5) is 14.5 Å². The molecule has 0 bridgehead atoms. The van der Waals surface area contributed by atoms with Gasteiger partial charge in [0.25, 0.3) is 0 Å². The van der Waals surface area contributed by atoms with Crippen molar-refractivity contribution in [3.05, 3.63) is 24.3 Å². The van der Waals surface area contributed by atoms with Crippen molar-refractivity contribution >= 4 is 33.2 Å². The zero-order valence-corrected chi connectivity index (χ0v) is 13.2. The van der Waals surface area contributed by atoms with Crippen molar-refractivity contribution in [3.63, 3.8) is 0 Å². The topological polar surface area (TPSA) is 75.3 Å². The van der Waals surface area contributed by atoms with Crippen molar-refractivity contribution in [2.24, 2.45) is 0 Å². The predicted molar refractivity (Wildman–Crippen MR) is 82.0 cm³/mol. The van der Waals surface area contributed by atoms with Crippen molar-refractivity contribution in [3.8, 4) is 0 Å². The number of benzene rings is 1. The molecule has 2 rings (SSSR count). The van der Waals surface area contributed by atoms with E-state index in [0.29, 0.717) is 0 Å². The second kappa shape index (κ2) is 7.38. The average molecular weight is 350 g/mol. The van der Waals surface area contributed by atoms with E-state index in [1.807, 2.05) is 0 Å². The summed E-state index contributed by atoms with van der Waals surface area (Å²) in [5.41, 5.74) is 0.190. The van der Waals surface area contributed by atoms with Crippen LogP contribution in [0.15, 0.2) is 29.2 Å². The van der Waals surface area contributed by atoms with Crippen molar-refractivity contribution in [2.75, 3.05) is 23.4 Å². The van der Waals surface area contributed by atoms with Crippen LogP contribution in [0, 0.1) is 0 Å². The Labute approximate surface area is 131 Å². The lowest BCUT2D eigenvalue weighted by Crippen LogP contribution is -2.39. The summed E-state index contributed by atoms with van der Waals surface area (Å²) in [6, 6.07) is 4.97. The Morgan fingerprint density at radius 2 is 2.23 bits per heavy atom. The summed E-state index contributed by atoms with van der Waals surface area (Å²) < 4.78 is 47.9. The fourth-order valence-electron chi connectivity index (χ4n) is 2.04. The Balaban J connectivity index is 2.02. The monoisotopic (exact) mass is 350 g/mol. The zero-order valence-electron chi connectivity index (χ0n) is 11.6. The highest BCUT2D eigenvalue weighted by molar-refractivity contribution is 7.99. The van der Waals surface area contributed by atoms with E-state index >= 15 is 0 Å². The molecular formula is C13H16F2N2O3S2. The van der Waals surface area contributed by atoms with Gasteiger partial charge in [-0.15, -0.1) is 0 Å². The predicted octanol–water partition coefficient (Wildman–Crippen LogP) is 1.72. The fraction of sp³-hybridized carbons (Fsp3) is 0.462. The highest BCUT2D eigenvalue weighted by Crippen LogP contribution is 2.21. The smallest absolute Gasteiger partial charge is 0.326 e. The van der Waals surface area contributed by atoms with Crippen LogP contribution in [0.2, 0.25) is 0 Å². The average Bonchev–Trinajstić information content (AvgIpc) is 2.48. The minimum Gasteiger partial charge on any atom is -0.326 e. The molecular weight excluding hydrogens is 334 g/mol. The highest BCUT2D eigenvalue weighted by atomic mass is 32.2. The zero-order chi connectivity index (χ0) is 16.2. The van der Waals surface area contributed by atoms with E-state index in [0.717, 1.165) is 30.2 Å². The van der Waals surface area contributed by atoms with Crippen LogP contribution in [0.5, 0.6) is 0 Å². The van der Waals surface area contributed by atoms with E-state index < -0.39 is 20.5 Å². The Bertz CT molecular complexity index is 632. The third kappa shape index (κ3) is 4.40. The van der Waals surface area contributed by atoms with Crippen molar-refractivity contribution in [1.82, 2.24) is 5.32 Å². The first-order chi connectivity index (χ1) is 10.4. The van der Waals surface area contributed by atoms with Gasteiger partial charge < -0.3 is 10.6 Å². The van der Waals surface area contributed by atoms with E-state index in [4.69, 9.17) is 0 Å². The summed E-state index contributed by atoms with van der Waals surface area (Å²) >= 11 is 1.76. The molecule has 1 saturated heterocycles. The van der Waals surface area contributed by atoms with Crippen molar-refractivity contribution < 1.29 is 22.0 Å². The molecule has 22 heavy (non-hydrogen) atoms. The van der Waals surface area contributed by atoms with Gasteiger partial charge in [0.05, 0.1) is 4.90 Å². The quantitative estimate of drug-likeness (QED) is 0.846. The number of thioether (sulfide) groups is 1. The second-order valence-corrected chi connectivity index (χ2v) is 7.88. The Hall–Kier alpha value is -1.19. The summed E-state index contributed by atoms with van der Waals surface area (Å²) in [6.07, 6.45) is 0.249. The van der Waals surface area contributed by atoms with Gasteiger partial charge in [-0.25, -0.2) is 8.42 Å². The van der Waals surface area contributed by atoms with Crippen molar-refractivity contribution in [1.29, 1.82) is 0 Å². The number of sulfone groups is 1. The van der Waals surface area contributed by atoms with Crippen LogP contribution in [-0.2, 0) is 14.6 Å². The van der Waals surface area contributed by atoms with E-state index in [1.165, 1.54) is 12.1 Å². The van der Waals surface area contributed by atoms with E-state index in [-0.39, 0.29) is 24.1 Å². The molecule has 1 atom stereocenters. The molecule has 0 radical (unpaired) electrons. The van der Waals surface area contributed by atoms with Crippen LogP contribution in [0.3, 0.4) is 0 Å². The molecule has 0 saturated carbocycles. The number of anilines is 1. The van der Waals surface area contributed by atoms with E-state index in [1.54, 1.807) is 11.8 Å². The Morgan fingerprint density at radius 1 is 1.45 bits per heavy atom. The number of amides is 1. The van der Waals surface area contributed by atoms with Gasteiger partial charge in [-0.05, 0) is 18.2 Å². The number of alkyl halides is 2. The maximum atomic E-state index is 12.5. The van der Waals surface area contributed by atoms with Gasteiger partial charge in [0, 0.05) is 36.2 Å². The molecule has 1 aromatic rings. The van der Waals surface area contributed by atoms with Gasteiger partial charge >= 0.3 is 5.76 Å². The molecule has 0 aliphatic carbocycles. The first kappa shape index (κ1) is 17.2. The molecule has 1 heterocycles. The summed E-state index contributed by atoms with van der Waals surface area (Å²) in [4.78, 5) is 11.4. The number of hydrogen-bond donors (Lipinski definition) is 2. The van der Waals surface area contributed by atoms with Crippen LogP contribution in [-0.4, -0.2) is 44.2 Å². The van der Waals surface area contributed by atoms with Crippen LogP contribution in [0.1, 0.15) is 6.42 Å². The highest BCUT2D eigenvalue weighted by Gasteiger charge is 2.26. The summed E-state index contributed by atoms with van der Waals surface area (Å²) in [5, 5.41) is 5.75. The van der Waals surface area contributed by atoms with Gasteiger partial charge in [0.1, 0.15) is 0 Å². The van der Waals surface area contributed by atoms with Crippen LogP contribution in [0.25, 0.3) is 0 Å². The number of hydrogen-bond acceptors (Lipinski definition) is 5. The first-order valence-corrected chi connectivity index (χ1v) is 9.33. The molecule has 1 aromatic carbocycles. The number of rotatable bonds is 5. The second-order valence-electron chi connectivity index (χ2n) is 4.81. The molecule has 122 valence electrons. The summed E-state index contributed by atoms with van der Waals surface area (Å²) in [7, 11) is -4.66. The van der Waals surface area contributed by atoms with Crippen LogP contribution >= 0.6 is 11.8 Å². The lowest BCUT2D eigenvalue weighted by Gasteiger charge is -2.22. The summed E-state index contributed by atoms with van der Waals surface area (Å²) in [5.74, 6) is -1.94. The van der Waals surface area contributed by atoms with Gasteiger partial charge in [0.15, 0.2) is 0 Å². The fourth-order valence-corrected chi connectivity index (χ4v) is 3.75. The maximum absolute atomic E-state index is 12.5. The lowest BCUT2D eigenvalue weighted by atomic mass is 10.2. The van der Waals surface area contributed by atoms with E-state index in [9.17, 15) is 22.0 Å². The van der Waals surface area contributed by atoms with Gasteiger partial charge in [-0.1, -0.05) is 6.07 Å². The molecule has 2 N–H and O–H groups in total. The van der Waals surface area contributed by atoms with Gasteiger partial charge in [-0.2, -0.15) is 20.5 Å². The SMILES string of the molecule is O=C(CC1CSCCN1)Nc1cccc(S(=O)(=O)C(F)F)c1. The third-order valence-corrected chi connectivity index (χ3v) is 5.62.